The number of carbonyl (C=O) groups is 2. The Morgan fingerprint density at radius 1 is 0.941 bits per heavy atom. The van der Waals surface area contributed by atoms with Gasteiger partial charge in [-0.3, -0.25) is 14.5 Å². The van der Waals surface area contributed by atoms with Gasteiger partial charge in [-0.05, 0) is 34.9 Å². The molecule has 1 saturated heterocycles. The summed E-state index contributed by atoms with van der Waals surface area (Å²) in [6.07, 6.45) is 2.38. The lowest BCUT2D eigenvalue weighted by molar-refractivity contribution is -0.133. The number of hydrogen-bond acceptors (Lipinski definition) is 4. The molecule has 6 heteroatoms. The van der Waals surface area contributed by atoms with E-state index in [1.165, 1.54) is 17.0 Å². The second-order valence-electron chi connectivity index (χ2n) is 9.87. The number of hydrazone groups is 1. The van der Waals surface area contributed by atoms with Crippen molar-refractivity contribution in [3.8, 4) is 0 Å². The van der Waals surface area contributed by atoms with Crippen LogP contribution in [0.2, 0.25) is 0 Å². The molecule has 0 aliphatic carbocycles. The maximum Gasteiger partial charge on any atom is 0.243 e. The van der Waals surface area contributed by atoms with Crippen LogP contribution in [-0.2, 0) is 22.7 Å². The van der Waals surface area contributed by atoms with Crippen LogP contribution in [0.1, 0.15) is 56.2 Å². The maximum absolute atomic E-state index is 12.6. The van der Waals surface area contributed by atoms with Crippen molar-refractivity contribution in [1.82, 2.24) is 15.2 Å². The van der Waals surface area contributed by atoms with Gasteiger partial charge in [0.05, 0.1) is 12.3 Å². The Hall–Kier alpha value is -2.99. The third-order valence-corrected chi connectivity index (χ3v) is 6.70. The first-order valence-electron chi connectivity index (χ1n) is 12.5. The number of nitrogens with one attached hydrogen (secondary N) is 1. The fourth-order valence-electron chi connectivity index (χ4n) is 5.15. The third kappa shape index (κ3) is 6.54. The number of carbonyl (C=O) groups excluding carboxylic acids is 2. The van der Waals surface area contributed by atoms with Gasteiger partial charge in [-0.2, -0.15) is 5.10 Å². The molecule has 2 heterocycles. The highest BCUT2D eigenvalue weighted by Crippen LogP contribution is 2.23. The molecule has 2 aromatic rings. The average molecular weight is 461 g/mol. The van der Waals surface area contributed by atoms with Gasteiger partial charge >= 0.3 is 0 Å². The van der Waals surface area contributed by atoms with Gasteiger partial charge < -0.3 is 5.32 Å². The van der Waals surface area contributed by atoms with Crippen LogP contribution < -0.4 is 5.32 Å². The molecule has 2 atom stereocenters. The van der Waals surface area contributed by atoms with Crippen molar-refractivity contribution in [2.45, 2.75) is 52.6 Å². The number of nitrogens with zero attached hydrogens (tertiary/aromatic N) is 3. The molecule has 0 saturated carbocycles. The average Bonchev–Trinajstić information content (AvgIpc) is 3.32. The zero-order valence-corrected chi connectivity index (χ0v) is 20.4. The van der Waals surface area contributed by atoms with E-state index in [1.807, 2.05) is 36.4 Å². The summed E-state index contributed by atoms with van der Waals surface area (Å²) >= 11 is 0. The Labute approximate surface area is 203 Å². The van der Waals surface area contributed by atoms with Crippen molar-refractivity contribution in [3.05, 3.63) is 71.3 Å². The number of hydrogen-bond donors (Lipinski definition) is 1. The van der Waals surface area contributed by atoms with Gasteiger partial charge in [0.2, 0.25) is 11.8 Å². The summed E-state index contributed by atoms with van der Waals surface area (Å²) < 4.78 is 0. The molecule has 1 fully saturated rings. The van der Waals surface area contributed by atoms with E-state index in [-0.39, 0.29) is 24.7 Å². The van der Waals surface area contributed by atoms with Crippen LogP contribution >= 0.6 is 0 Å². The van der Waals surface area contributed by atoms with E-state index in [9.17, 15) is 9.59 Å². The summed E-state index contributed by atoms with van der Waals surface area (Å²) in [5.41, 5.74) is 4.37. The molecule has 6 nitrogen and oxygen atoms in total. The Morgan fingerprint density at radius 2 is 1.62 bits per heavy atom. The second-order valence-corrected chi connectivity index (χ2v) is 9.87. The summed E-state index contributed by atoms with van der Waals surface area (Å²) in [4.78, 5) is 27.6. The highest BCUT2D eigenvalue weighted by molar-refractivity contribution is 6.02. The first kappa shape index (κ1) is 24.1. The van der Waals surface area contributed by atoms with E-state index in [1.54, 1.807) is 0 Å². The number of rotatable bonds is 8. The topological polar surface area (TPSA) is 65.0 Å². The molecule has 34 heavy (non-hydrogen) atoms. The predicted octanol–water partition coefficient (Wildman–Crippen LogP) is 4.20. The molecule has 1 N–H and O–H groups in total. The van der Waals surface area contributed by atoms with Crippen LogP contribution in [0.5, 0.6) is 0 Å². The molecule has 0 aromatic heterocycles. The van der Waals surface area contributed by atoms with Crippen molar-refractivity contribution < 1.29 is 9.59 Å². The SMILES string of the molecule is CC1CC(C)CN(Cc2ccccc2CNC(=O)CCC(=O)N2CCC(c3ccccc3)=N2)C1. The lowest BCUT2D eigenvalue weighted by atomic mass is 9.91. The minimum absolute atomic E-state index is 0.102. The molecular formula is C28H36N4O2. The zero-order valence-electron chi connectivity index (χ0n) is 20.4. The molecular weight excluding hydrogens is 424 g/mol. The predicted molar refractivity (Wildman–Crippen MR) is 135 cm³/mol. The Balaban J connectivity index is 1.25. The highest BCUT2D eigenvalue weighted by Gasteiger charge is 2.23. The molecule has 180 valence electrons. The van der Waals surface area contributed by atoms with E-state index < -0.39 is 0 Å². The van der Waals surface area contributed by atoms with Crippen LogP contribution in [0.4, 0.5) is 0 Å². The second kappa shape index (κ2) is 11.4. The lowest BCUT2D eigenvalue weighted by Gasteiger charge is -2.35. The Bertz CT molecular complexity index is 1010. The molecule has 2 amide bonds. The maximum atomic E-state index is 12.6. The minimum Gasteiger partial charge on any atom is -0.352 e. The summed E-state index contributed by atoms with van der Waals surface area (Å²) in [6, 6.07) is 18.2. The van der Waals surface area contributed by atoms with Gasteiger partial charge in [0.25, 0.3) is 0 Å². The summed E-state index contributed by atoms with van der Waals surface area (Å²) in [5.74, 6) is 1.23. The Morgan fingerprint density at radius 3 is 2.35 bits per heavy atom. The quantitative estimate of drug-likeness (QED) is 0.642. The normalized spacial score (nSPS) is 20.8. The summed E-state index contributed by atoms with van der Waals surface area (Å²) in [7, 11) is 0. The van der Waals surface area contributed by atoms with E-state index in [0.29, 0.717) is 13.1 Å². The molecule has 0 radical (unpaired) electrons. The Kier molecular flexibility index (Phi) is 8.12. The molecule has 0 bridgehead atoms. The van der Waals surface area contributed by atoms with Crippen molar-refractivity contribution in [2.75, 3.05) is 19.6 Å². The third-order valence-electron chi connectivity index (χ3n) is 6.70. The molecule has 2 aliphatic heterocycles. The summed E-state index contributed by atoms with van der Waals surface area (Å²) in [5, 5.41) is 8.99. The molecule has 2 aliphatic rings. The smallest absolute Gasteiger partial charge is 0.243 e. The van der Waals surface area contributed by atoms with E-state index in [0.717, 1.165) is 54.7 Å². The van der Waals surface area contributed by atoms with Gasteiger partial charge in [0.15, 0.2) is 0 Å². The van der Waals surface area contributed by atoms with Gasteiger partial charge in [-0.15, -0.1) is 0 Å². The fraction of sp³-hybridized carbons (Fsp3) is 0.464. The number of likely N-dealkylation sites (tertiary alicyclic amines) is 1. The van der Waals surface area contributed by atoms with Crippen LogP contribution in [0.3, 0.4) is 0 Å². The van der Waals surface area contributed by atoms with Crippen LogP contribution in [-0.4, -0.2) is 47.1 Å². The number of benzene rings is 2. The van der Waals surface area contributed by atoms with Crippen LogP contribution in [0.25, 0.3) is 0 Å². The van der Waals surface area contributed by atoms with Crippen molar-refractivity contribution in [1.29, 1.82) is 0 Å². The largest absolute Gasteiger partial charge is 0.352 e. The zero-order chi connectivity index (χ0) is 23.9. The van der Waals surface area contributed by atoms with E-state index in [2.05, 4.69) is 47.4 Å². The molecule has 2 aromatic carbocycles. The fourth-order valence-corrected chi connectivity index (χ4v) is 5.15. The van der Waals surface area contributed by atoms with E-state index >= 15 is 0 Å². The molecule has 0 spiro atoms. The van der Waals surface area contributed by atoms with Crippen molar-refractivity contribution in [3.63, 3.8) is 0 Å². The van der Waals surface area contributed by atoms with Crippen molar-refractivity contribution in [2.24, 2.45) is 16.9 Å². The minimum atomic E-state index is -0.102. The first-order valence-corrected chi connectivity index (χ1v) is 12.5. The van der Waals surface area contributed by atoms with E-state index in [4.69, 9.17) is 0 Å². The summed E-state index contributed by atoms with van der Waals surface area (Å²) in [6.45, 7) is 8.87. The number of piperidine rings is 1. The van der Waals surface area contributed by atoms with Gasteiger partial charge in [-0.25, -0.2) is 5.01 Å². The van der Waals surface area contributed by atoms with Gasteiger partial charge in [0, 0.05) is 45.4 Å². The van der Waals surface area contributed by atoms with Crippen LogP contribution in [0.15, 0.2) is 59.7 Å². The molecule has 4 rings (SSSR count). The monoisotopic (exact) mass is 460 g/mol. The van der Waals surface area contributed by atoms with Gasteiger partial charge in [0.1, 0.15) is 0 Å². The standard InChI is InChI=1S/C28H36N4O2/c1-21-16-22(2)19-31(18-21)20-25-11-7-6-10-24(25)17-29-27(33)12-13-28(34)32-15-14-26(30-32)23-8-4-3-5-9-23/h3-11,21-22H,12-20H2,1-2H3,(H,29,33). The molecule has 2 unspecified atom stereocenters. The highest BCUT2D eigenvalue weighted by atomic mass is 16.2. The van der Waals surface area contributed by atoms with Gasteiger partial charge in [-0.1, -0.05) is 68.4 Å². The number of amides is 2. The van der Waals surface area contributed by atoms with Crippen LogP contribution in [0, 0.1) is 11.8 Å². The lowest BCUT2D eigenvalue weighted by Crippen LogP contribution is -2.38. The first-order chi connectivity index (χ1) is 16.5. The van der Waals surface area contributed by atoms with Crippen molar-refractivity contribution >= 4 is 17.5 Å².